The van der Waals surface area contributed by atoms with E-state index in [1.807, 2.05) is 25.1 Å². The average Bonchev–Trinajstić information content (AvgIpc) is 2.70. The minimum Gasteiger partial charge on any atom is -0.420 e. The fraction of sp³-hybridized carbons (Fsp3) is 0.385. The van der Waals surface area contributed by atoms with Gasteiger partial charge in [0.15, 0.2) is 0 Å². The van der Waals surface area contributed by atoms with Crippen LogP contribution in [0.1, 0.15) is 32.2 Å². The van der Waals surface area contributed by atoms with Crippen LogP contribution in [0.3, 0.4) is 0 Å². The number of aryl methyl sites for hydroxylation is 1. The summed E-state index contributed by atoms with van der Waals surface area (Å²) in [7, 11) is 0. The van der Waals surface area contributed by atoms with E-state index in [1.165, 1.54) is 0 Å². The van der Waals surface area contributed by atoms with Crippen LogP contribution in [0.5, 0.6) is 0 Å². The summed E-state index contributed by atoms with van der Waals surface area (Å²) in [6, 6.07) is 6.02. The third-order valence-corrected chi connectivity index (χ3v) is 2.99. The molecule has 1 heterocycles. The van der Waals surface area contributed by atoms with Gasteiger partial charge in [-0.3, -0.25) is 0 Å². The molecule has 0 atom stereocenters. The maximum Gasteiger partial charge on any atom is 0.248 e. The Morgan fingerprint density at radius 3 is 2.47 bits per heavy atom. The standard InChI is InChI=1S/C13H15BrN2O/c1-8-5-6-9(14)7-10(8)11-15-16-12(17-11)13(2,3)4/h5-7H,1-4H3. The van der Waals surface area contributed by atoms with Gasteiger partial charge in [0.25, 0.3) is 0 Å². The van der Waals surface area contributed by atoms with Gasteiger partial charge >= 0.3 is 0 Å². The van der Waals surface area contributed by atoms with E-state index in [0.29, 0.717) is 11.8 Å². The number of hydrogen-bond donors (Lipinski definition) is 0. The maximum atomic E-state index is 5.73. The largest absolute Gasteiger partial charge is 0.420 e. The summed E-state index contributed by atoms with van der Waals surface area (Å²) in [4.78, 5) is 0. The number of benzene rings is 1. The molecule has 0 aliphatic carbocycles. The van der Waals surface area contributed by atoms with Crippen LogP contribution in [0.4, 0.5) is 0 Å². The Bertz CT molecular complexity index is 541. The van der Waals surface area contributed by atoms with Gasteiger partial charge in [0.05, 0.1) is 0 Å². The predicted octanol–water partition coefficient (Wildman–Crippen LogP) is 4.11. The van der Waals surface area contributed by atoms with Crippen molar-refractivity contribution < 1.29 is 4.42 Å². The molecule has 0 aliphatic heterocycles. The molecule has 2 aromatic rings. The molecule has 3 nitrogen and oxygen atoms in total. The van der Waals surface area contributed by atoms with Crippen LogP contribution in [-0.4, -0.2) is 10.2 Å². The highest BCUT2D eigenvalue weighted by atomic mass is 79.9. The molecule has 90 valence electrons. The fourth-order valence-electron chi connectivity index (χ4n) is 1.46. The van der Waals surface area contributed by atoms with Crippen LogP contribution in [0.15, 0.2) is 27.1 Å². The molecule has 0 spiro atoms. The van der Waals surface area contributed by atoms with Crippen LogP contribution in [-0.2, 0) is 5.41 Å². The molecular formula is C13H15BrN2O. The lowest BCUT2D eigenvalue weighted by molar-refractivity contribution is 0.399. The average molecular weight is 295 g/mol. The first-order valence-corrected chi connectivity index (χ1v) is 6.28. The molecule has 0 unspecified atom stereocenters. The van der Waals surface area contributed by atoms with Gasteiger partial charge in [0.2, 0.25) is 11.8 Å². The normalized spacial score (nSPS) is 11.8. The van der Waals surface area contributed by atoms with Crippen LogP contribution >= 0.6 is 15.9 Å². The Labute approximate surface area is 109 Å². The fourth-order valence-corrected chi connectivity index (χ4v) is 1.82. The minimum atomic E-state index is -0.120. The van der Waals surface area contributed by atoms with E-state index < -0.39 is 0 Å². The number of hydrogen-bond acceptors (Lipinski definition) is 3. The second-order valence-corrected chi connectivity index (χ2v) is 6.04. The van der Waals surface area contributed by atoms with Gasteiger partial charge in [-0.1, -0.05) is 42.8 Å². The van der Waals surface area contributed by atoms with E-state index in [2.05, 4.69) is 46.9 Å². The quantitative estimate of drug-likeness (QED) is 0.795. The number of aromatic nitrogens is 2. The molecule has 0 fully saturated rings. The van der Waals surface area contributed by atoms with Crippen LogP contribution in [0.25, 0.3) is 11.5 Å². The third-order valence-electron chi connectivity index (χ3n) is 2.50. The second kappa shape index (κ2) is 4.26. The molecular weight excluding hydrogens is 280 g/mol. The Morgan fingerprint density at radius 2 is 1.88 bits per heavy atom. The molecule has 0 N–H and O–H groups in total. The maximum absolute atomic E-state index is 5.73. The zero-order valence-electron chi connectivity index (χ0n) is 10.4. The van der Waals surface area contributed by atoms with Crippen molar-refractivity contribution in [1.29, 1.82) is 0 Å². The lowest BCUT2D eigenvalue weighted by Crippen LogP contribution is -2.11. The zero-order chi connectivity index (χ0) is 12.6. The van der Waals surface area contributed by atoms with Crippen LogP contribution in [0, 0.1) is 6.92 Å². The SMILES string of the molecule is Cc1ccc(Br)cc1-c1nnc(C(C)(C)C)o1. The van der Waals surface area contributed by atoms with E-state index >= 15 is 0 Å². The lowest BCUT2D eigenvalue weighted by Gasteiger charge is -2.11. The molecule has 4 heteroatoms. The van der Waals surface area contributed by atoms with Crippen molar-refractivity contribution in [3.8, 4) is 11.5 Å². The highest BCUT2D eigenvalue weighted by molar-refractivity contribution is 9.10. The van der Waals surface area contributed by atoms with Crippen LogP contribution in [0.2, 0.25) is 0 Å². The molecule has 0 bridgehead atoms. The van der Waals surface area contributed by atoms with Crippen molar-refractivity contribution in [2.24, 2.45) is 0 Å². The summed E-state index contributed by atoms with van der Waals surface area (Å²) >= 11 is 3.45. The molecule has 17 heavy (non-hydrogen) atoms. The molecule has 0 amide bonds. The van der Waals surface area contributed by atoms with E-state index in [0.717, 1.165) is 15.6 Å². The van der Waals surface area contributed by atoms with E-state index in [4.69, 9.17) is 4.42 Å². The summed E-state index contributed by atoms with van der Waals surface area (Å²) < 4.78 is 6.73. The van der Waals surface area contributed by atoms with Crippen molar-refractivity contribution in [1.82, 2.24) is 10.2 Å². The molecule has 1 aromatic heterocycles. The molecule has 0 aliphatic rings. The van der Waals surface area contributed by atoms with Crippen molar-refractivity contribution >= 4 is 15.9 Å². The summed E-state index contributed by atoms with van der Waals surface area (Å²) in [5.74, 6) is 1.24. The summed E-state index contributed by atoms with van der Waals surface area (Å²) in [5.41, 5.74) is 1.98. The van der Waals surface area contributed by atoms with E-state index in [1.54, 1.807) is 0 Å². The Balaban J connectivity index is 2.47. The zero-order valence-corrected chi connectivity index (χ0v) is 12.0. The predicted molar refractivity (Wildman–Crippen MR) is 70.9 cm³/mol. The summed E-state index contributed by atoms with van der Waals surface area (Å²) in [5, 5.41) is 8.22. The second-order valence-electron chi connectivity index (χ2n) is 5.12. The number of nitrogens with zero attached hydrogens (tertiary/aromatic N) is 2. The highest BCUT2D eigenvalue weighted by Gasteiger charge is 2.22. The molecule has 0 saturated carbocycles. The lowest BCUT2D eigenvalue weighted by atomic mass is 9.97. The topological polar surface area (TPSA) is 38.9 Å². The minimum absolute atomic E-state index is 0.120. The van der Waals surface area contributed by atoms with Gasteiger partial charge in [-0.25, -0.2) is 0 Å². The van der Waals surface area contributed by atoms with Gasteiger partial charge in [-0.2, -0.15) is 0 Å². The van der Waals surface area contributed by atoms with Gasteiger partial charge in [-0.05, 0) is 24.6 Å². The number of halogens is 1. The van der Waals surface area contributed by atoms with Crippen molar-refractivity contribution in [3.63, 3.8) is 0 Å². The number of rotatable bonds is 1. The van der Waals surface area contributed by atoms with Crippen molar-refractivity contribution in [2.45, 2.75) is 33.1 Å². The smallest absolute Gasteiger partial charge is 0.248 e. The first-order chi connectivity index (χ1) is 7.88. The Morgan fingerprint density at radius 1 is 1.18 bits per heavy atom. The van der Waals surface area contributed by atoms with Crippen molar-refractivity contribution in [3.05, 3.63) is 34.1 Å². The molecule has 1 aromatic carbocycles. The first-order valence-electron chi connectivity index (χ1n) is 5.48. The van der Waals surface area contributed by atoms with Crippen LogP contribution < -0.4 is 0 Å². The molecule has 0 saturated heterocycles. The Hall–Kier alpha value is -1.16. The van der Waals surface area contributed by atoms with Crippen molar-refractivity contribution in [2.75, 3.05) is 0 Å². The summed E-state index contributed by atoms with van der Waals surface area (Å²) in [6.45, 7) is 8.19. The van der Waals surface area contributed by atoms with E-state index in [-0.39, 0.29) is 5.41 Å². The first kappa shape index (κ1) is 12.3. The Kier molecular flexibility index (Phi) is 3.08. The molecule has 0 radical (unpaired) electrons. The monoisotopic (exact) mass is 294 g/mol. The third kappa shape index (κ3) is 2.57. The van der Waals surface area contributed by atoms with Gasteiger partial charge in [0, 0.05) is 15.5 Å². The molecule has 2 rings (SSSR count). The van der Waals surface area contributed by atoms with Gasteiger partial charge in [-0.15, -0.1) is 10.2 Å². The van der Waals surface area contributed by atoms with Gasteiger partial charge < -0.3 is 4.42 Å². The highest BCUT2D eigenvalue weighted by Crippen LogP contribution is 2.28. The summed E-state index contributed by atoms with van der Waals surface area (Å²) in [6.07, 6.45) is 0. The van der Waals surface area contributed by atoms with Gasteiger partial charge in [0.1, 0.15) is 0 Å². The van der Waals surface area contributed by atoms with E-state index in [9.17, 15) is 0 Å².